The van der Waals surface area contributed by atoms with Gasteiger partial charge in [0, 0.05) is 5.69 Å². The Morgan fingerprint density at radius 2 is 1.88 bits per heavy atom. The lowest BCUT2D eigenvalue weighted by Gasteiger charge is -2.22. The maximum atomic E-state index is 8.71. The Bertz CT molecular complexity index is 744. The molecule has 0 heterocycles. The first-order valence-corrected chi connectivity index (χ1v) is 8.55. The topological polar surface area (TPSA) is 47.8 Å². The van der Waals surface area contributed by atoms with Gasteiger partial charge in [0.25, 0.3) is 0 Å². The van der Waals surface area contributed by atoms with Gasteiger partial charge in [-0.3, -0.25) is 0 Å². The molecule has 0 fully saturated rings. The van der Waals surface area contributed by atoms with Crippen molar-refractivity contribution in [2.45, 2.75) is 39.7 Å². The molecule has 24 heavy (non-hydrogen) atoms. The van der Waals surface area contributed by atoms with E-state index in [-0.39, 0.29) is 6.04 Å². The number of aryl methyl sites for hydroxylation is 2. The second-order valence-corrected chi connectivity index (χ2v) is 6.36. The van der Waals surface area contributed by atoms with E-state index in [9.17, 15) is 0 Å². The molecule has 0 aliphatic rings. The van der Waals surface area contributed by atoms with Gasteiger partial charge in [-0.15, -0.1) is 0 Å². The van der Waals surface area contributed by atoms with Gasteiger partial charge >= 0.3 is 0 Å². The second kappa shape index (κ2) is 8.47. The highest BCUT2D eigenvalue weighted by Crippen LogP contribution is 2.22. The summed E-state index contributed by atoms with van der Waals surface area (Å²) in [6.45, 7) is 6.39. The smallest absolute Gasteiger partial charge is 0.171 e. The molecule has 2 rings (SSSR count). The van der Waals surface area contributed by atoms with Crippen molar-refractivity contribution in [2.24, 2.45) is 0 Å². The van der Waals surface area contributed by atoms with Crippen LogP contribution in [0.15, 0.2) is 42.5 Å². The molecule has 2 aromatic carbocycles. The Morgan fingerprint density at radius 1 is 1.17 bits per heavy atom. The minimum atomic E-state index is 0.184. The van der Waals surface area contributed by atoms with Gasteiger partial charge in [-0.2, -0.15) is 5.26 Å². The fraction of sp³-hybridized carbons (Fsp3) is 0.300. The molecule has 0 bridgehead atoms. The number of nitrogens with one attached hydrogen (secondary N) is 2. The molecule has 3 nitrogen and oxygen atoms in total. The molecule has 2 N–H and O–H groups in total. The van der Waals surface area contributed by atoms with Gasteiger partial charge in [0.05, 0.1) is 18.5 Å². The predicted octanol–water partition coefficient (Wildman–Crippen LogP) is 4.81. The summed E-state index contributed by atoms with van der Waals surface area (Å²) in [6, 6.07) is 16.6. The second-order valence-electron chi connectivity index (χ2n) is 5.95. The fourth-order valence-electron chi connectivity index (χ4n) is 2.74. The number of thiocarbonyl (C=S) groups is 1. The predicted molar refractivity (Wildman–Crippen MR) is 104 cm³/mol. The summed E-state index contributed by atoms with van der Waals surface area (Å²) in [4.78, 5) is 0. The first-order valence-electron chi connectivity index (χ1n) is 8.14. The summed E-state index contributed by atoms with van der Waals surface area (Å²) in [7, 11) is 0. The van der Waals surface area contributed by atoms with Gasteiger partial charge in [0.2, 0.25) is 0 Å². The van der Waals surface area contributed by atoms with Gasteiger partial charge in [-0.25, -0.2) is 0 Å². The average molecular weight is 337 g/mol. The van der Waals surface area contributed by atoms with E-state index in [1.165, 1.54) is 16.7 Å². The van der Waals surface area contributed by atoms with Crippen molar-refractivity contribution >= 4 is 23.0 Å². The molecule has 4 heteroatoms. The van der Waals surface area contributed by atoms with E-state index < -0.39 is 0 Å². The molecular formula is C20H23N3S. The number of rotatable bonds is 5. The largest absolute Gasteiger partial charge is 0.356 e. The summed E-state index contributed by atoms with van der Waals surface area (Å²) in [6.07, 6.45) is 1.38. The zero-order valence-electron chi connectivity index (χ0n) is 14.4. The number of nitrogens with zero attached hydrogens (tertiary/aromatic N) is 1. The van der Waals surface area contributed by atoms with E-state index in [1.807, 2.05) is 24.3 Å². The minimum Gasteiger partial charge on any atom is -0.356 e. The van der Waals surface area contributed by atoms with Crippen molar-refractivity contribution < 1.29 is 0 Å². The van der Waals surface area contributed by atoms with Crippen molar-refractivity contribution in [3.63, 3.8) is 0 Å². The molecule has 1 atom stereocenters. The Labute approximate surface area is 149 Å². The molecule has 0 aromatic heterocycles. The van der Waals surface area contributed by atoms with Gasteiger partial charge in [-0.1, -0.05) is 42.8 Å². The normalized spacial score (nSPS) is 11.4. The lowest BCUT2D eigenvalue weighted by atomic mass is 9.98. The van der Waals surface area contributed by atoms with E-state index in [0.29, 0.717) is 11.5 Å². The van der Waals surface area contributed by atoms with Crippen LogP contribution in [0.3, 0.4) is 0 Å². The van der Waals surface area contributed by atoms with Crippen molar-refractivity contribution in [2.75, 3.05) is 5.32 Å². The van der Waals surface area contributed by atoms with Gasteiger partial charge in [0.1, 0.15) is 0 Å². The van der Waals surface area contributed by atoms with Crippen LogP contribution in [-0.4, -0.2) is 5.11 Å². The van der Waals surface area contributed by atoms with Crippen LogP contribution in [0.1, 0.15) is 41.6 Å². The van der Waals surface area contributed by atoms with E-state index >= 15 is 0 Å². The SMILES string of the molecule is CC[C@@H](NC(=S)Nc1ccc(CC#N)cc1)c1ccc(C)cc1C. The summed E-state index contributed by atoms with van der Waals surface area (Å²) in [5, 5.41) is 15.9. The van der Waals surface area contributed by atoms with E-state index in [4.69, 9.17) is 17.5 Å². The maximum absolute atomic E-state index is 8.71. The average Bonchev–Trinajstić information content (AvgIpc) is 2.55. The van der Waals surface area contributed by atoms with Crippen LogP contribution in [0.5, 0.6) is 0 Å². The summed E-state index contributed by atoms with van der Waals surface area (Å²) >= 11 is 5.46. The Morgan fingerprint density at radius 3 is 2.46 bits per heavy atom. The fourth-order valence-corrected chi connectivity index (χ4v) is 3.00. The van der Waals surface area contributed by atoms with Crippen LogP contribution >= 0.6 is 12.2 Å². The van der Waals surface area contributed by atoms with Crippen LogP contribution in [0.2, 0.25) is 0 Å². The highest BCUT2D eigenvalue weighted by molar-refractivity contribution is 7.80. The van der Waals surface area contributed by atoms with Crippen molar-refractivity contribution in [3.8, 4) is 6.07 Å². The first-order chi connectivity index (χ1) is 11.5. The van der Waals surface area contributed by atoms with Crippen LogP contribution in [0, 0.1) is 25.2 Å². The zero-order chi connectivity index (χ0) is 17.5. The van der Waals surface area contributed by atoms with Crippen LogP contribution < -0.4 is 10.6 Å². The minimum absolute atomic E-state index is 0.184. The summed E-state index contributed by atoms with van der Waals surface area (Å²) < 4.78 is 0. The monoisotopic (exact) mass is 337 g/mol. The third-order valence-electron chi connectivity index (χ3n) is 4.01. The molecule has 0 saturated carbocycles. The number of hydrogen-bond acceptors (Lipinski definition) is 2. The molecule has 0 amide bonds. The van der Waals surface area contributed by atoms with Crippen molar-refractivity contribution in [3.05, 3.63) is 64.7 Å². The van der Waals surface area contributed by atoms with Crippen LogP contribution in [-0.2, 0) is 6.42 Å². The Hall–Kier alpha value is -2.38. The molecule has 0 spiro atoms. The molecule has 0 radical (unpaired) electrons. The van der Waals surface area contributed by atoms with Crippen LogP contribution in [0.4, 0.5) is 5.69 Å². The number of nitriles is 1. The van der Waals surface area contributed by atoms with E-state index in [1.54, 1.807) is 0 Å². The molecule has 0 aliphatic heterocycles. The van der Waals surface area contributed by atoms with Gasteiger partial charge in [0.15, 0.2) is 5.11 Å². The third kappa shape index (κ3) is 4.81. The van der Waals surface area contributed by atoms with Crippen LogP contribution in [0.25, 0.3) is 0 Å². The van der Waals surface area contributed by atoms with Crippen molar-refractivity contribution in [1.82, 2.24) is 5.32 Å². The summed E-state index contributed by atoms with van der Waals surface area (Å²) in [5.41, 5.74) is 5.74. The lowest BCUT2D eigenvalue weighted by Crippen LogP contribution is -2.32. The molecular weight excluding hydrogens is 314 g/mol. The standard InChI is InChI=1S/C20H23N3S/c1-4-19(18-10-5-14(2)13-15(18)3)23-20(24)22-17-8-6-16(7-9-17)11-12-21/h5-10,13,19H,4,11H2,1-3H3,(H2,22,23,24)/t19-/m1/s1. The Kier molecular flexibility index (Phi) is 6.34. The highest BCUT2D eigenvalue weighted by atomic mass is 32.1. The zero-order valence-corrected chi connectivity index (χ0v) is 15.2. The molecule has 124 valence electrons. The number of benzene rings is 2. The number of hydrogen-bond donors (Lipinski definition) is 2. The molecule has 2 aromatic rings. The maximum Gasteiger partial charge on any atom is 0.171 e. The number of anilines is 1. The molecule has 0 unspecified atom stereocenters. The Balaban J connectivity index is 2.02. The first kappa shape index (κ1) is 18.0. The highest BCUT2D eigenvalue weighted by Gasteiger charge is 2.13. The van der Waals surface area contributed by atoms with Gasteiger partial charge < -0.3 is 10.6 Å². The van der Waals surface area contributed by atoms with E-state index in [0.717, 1.165) is 17.7 Å². The third-order valence-corrected chi connectivity index (χ3v) is 4.23. The molecule has 0 aliphatic carbocycles. The quantitative estimate of drug-likeness (QED) is 0.769. The summed E-state index contributed by atoms with van der Waals surface area (Å²) in [5.74, 6) is 0. The molecule has 0 saturated heterocycles. The van der Waals surface area contributed by atoms with E-state index in [2.05, 4.69) is 55.7 Å². The van der Waals surface area contributed by atoms with Crippen molar-refractivity contribution in [1.29, 1.82) is 5.26 Å². The lowest BCUT2D eigenvalue weighted by molar-refractivity contribution is 0.625. The van der Waals surface area contributed by atoms with Gasteiger partial charge in [-0.05, 0) is 61.3 Å².